The van der Waals surface area contributed by atoms with Gasteiger partial charge in [0.15, 0.2) is 0 Å². The van der Waals surface area contributed by atoms with Gasteiger partial charge in [0.2, 0.25) is 11.8 Å². The van der Waals surface area contributed by atoms with Crippen molar-refractivity contribution in [1.82, 2.24) is 9.80 Å². The molecule has 0 bridgehead atoms. The van der Waals surface area contributed by atoms with Gasteiger partial charge in [0.25, 0.3) is 0 Å². The first-order valence-electron chi connectivity index (χ1n) is 8.23. The molecule has 1 aliphatic heterocycles. The molecule has 0 saturated carbocycles. The molecule has 0 radical (unpaired) electrons. The number of nitrogens with one attached hydrogen (secondary N) is 1. The van der Waals surface area contributed by atoms with Crippen LogP contribution in [0.4, 0.5) is 5.69 Å². The van der Waals surface area contributed by atoms with E-state index in [-0.39, 0.29) is 11.8 Å². The van der Waals surface area contributed by atoms with Crippen molar-refractivity contribution < 1.29 is 9.59 Å². The normalized spacial score (nSPS) is 14.8. The number of piperazine rings is 1. The van der Waals surface area contributed by atoms with E-state index in [9.17, 15) is 9.59 Å². The van der Waals surface area contributed by atoms with E-state index in [0.29, 0.717) is 39.1 Å². The highest BCUT2D eigenvalue weighted by molar-refractivity contribution is 5.78. The van der Waals surface area contributed by atoms with Crippen molar-refractivity contribution in [1.29, 1.82) is 0 Å². The molecule has 126 valence electrons. The fourth-order valence-corrected chi connectivity index (χ4v) is 3.18. The molecule has 1 N–H and O–H groups in total. The number of nitrogens with zero attached hydrogens (tertiary/aromatic N) is 2. The summed E-state index contributed by atoms with van der Waals surface area (Å²) in [6, 6.07) is 4.30. The largest absolute Gasteiger partial charge is 0.384 e. The van der Waals surface area contributed by atoms with Crippen molar-refractivity contribution in [3.63, 3.8) is 0 Å². The van der Waals surface area contributed by atoms with E-state index in [4.69, 9.17) is 0 Å². The molecule has 0 atom stereocenters. The Balaban J connectivity index is 1.81. The zero-order chi connectivity index (χ0) is 17.0. The maximum Gasteiger partial charge on any atom is 0.224 e. The Labute approximate surface area is 138 Å². The predicted octanol–water partition coefficient (Wildman–Crippen LogP) is 2.10. The summed E-state index contributed by atoms with van der Waals surface area (Å²) in [4.78, 5) is 27.2. The van der Waals surface area contributed by atoms with E-state index in [1.165, 1.54) is 16.7 Å². The smallest absolute Gasteiger partial charge is 0.224 e. The molecule has 5 heteroatoms. The van der Waals surface area contributed by atoms with Crippen LogP contribution in [0.5, 0.6) is 0 Å². The lowest BCUT2D eigenvalue weighted by atomic mass is 10.1. The van der Waals surface area contributed by atoms with Gasteiger partial charge in [0.1, 0.15) is 0 Å². The summed E-state index contributed by atoms with van der Waals surface area (Å²) in [5.41, 5.74) is 4.81. The van der Waals surface area contributed by atoms with Crippen LogP contribution in [0.1, 0.15) is 30.0 Å². The van der Waals surface area contributed by atoms with Gasteiger partial charge in [-0.1, -0.05) is 17.7 Å². The zero-order valence-corrected chi connectivity index (χ0v) is 14.6. The lowest BCUT2D eigenvalue weighted by Gasteiger charge is -2.34. The summed E-state index contributed by atoms with van der Waals surface area (Å²) in [7, 11) is 0. The number of amides is 2. The summed E-state index contributed by atoms with van der Waals surface area (Å²) < 4.78 is 0. The van der Waals surface area contributed by atoms with Crippen LogP contribution in [-0.2, 0) is 9.59 Å². The topological polar surface area (TPSA) is 52.7 Å². The summed E-state index contributed by atoms with van der Waals surface area (Å²) >= 11 is 0. The second-order valence-corrected chi connectivity index (χ2v) is 6.34. The minimum Gasteiger partial charge on any atom is -0.384 e. The molecule has 1 aromatic rings. The SMILES string of the molecule is CC(=O)N1CCN(C(=O)CCNc2c(C)cc(C)cc2C)CC1. The molecule has 0 aliphatic carbocycles. The third-order valence-corrected chi connectivity index (χ3v) is 4.40. The van der Waals surface area contributed by atoms with Gasteiger partial charge in [0, 0.05) is 51.8 Å². The van der Waals surface area contributed by atoms with Gasteiger partial charge in [-0.3, -0.25) is 9.59 Å². The van der Waals surface area contributed by atoms with Crippen LogP contribution in [0.15, 0.2) is 12.1 Å². The molecular formula is C18H27N3O2. The molecule has 1 fully saturated rings. The average molecular weight is 317 g/mol. The van der Waals surface area contributed by atoms with E-state index in [2.05, 4.69) is 38.2 Å². The quantitative estimate of drug-likeness (QED) is 0.925. The van der Waals surface area contributed by atoms with Crippen molar-refractivity contribution in [3.8, 4) is 0 Å². The number of aryl methyl sites for hydroxylation is 3. The van der Waals surface area contributed by atoms with Crippen LogP contribution >= 0.6 is 0 Å². The van der Waals surface area contributed by atoms with E-state index in [0.717, 1.165) is 5.69 Å². The molecule has 1 aromatic carbocycles. The van der Waals surface area contributed by atoms with Crippen LogP contribution < -0.4 is 5.32 Å². The molecule has 0 aromatic heterocycles. The molecule has 0 spiro atoms. The molecule has 1 aliphatic rings. The van der Waals surface area contributed by atoms with Gasteiger partial charge >= 0.3 is 0 Å². The Morgan fingerprint density at radius 3 is 2.04 bits per heavy atom. The van der Waals surface area contributed by atoms with E-state index in [1.807, 2.05) is 4.90 Å². The summed E-state index contributed by atoms with van der Waals surface area (Å²) in [6.45, 7) is 11.0. The number of hydrogen-bond acceptors (Lipinski definition) is 3. The first-order valence-corrected chi connectivity index (χ1v) is 8.23. The maximum atomic E-state index is 12.3. The number of hydrogen-bond donors (Lipinski definition) is 1. The molecule has 1 saturated heterocycles. The fourth-order valence-electron chi connectivity index (χ4n) is 3.18. The molecule has 23 heavy (non-hydrogen) atoms. The monoisotopic (exact) mass is 317 g/mol. The van der Waals surface area contributed by atoms with Crippen LogP contribution in [-0.4, -0.2) is 54.3 Å². The Morgan fingerprint density at radius 2 is 1.52 bits per heavy atom. The highest BCUT2D eigenvalue weighted by Crippen LogP contribution is 2.21. The Hall–Kier alpha value is -2.04. The number of anilines is 1. The molecule has 5 nitrogen and oxygen atoms in total. The van der Waals surface area contributed by atoms with Gasteiger partial charge in [-0.2, -0.15) is 0 Å². The van der Waals surface area contributed by atoms with Crippen molar-refractivity contribution in [2.45, 2.75) is 34.1 Å². The number of benzene rings is 1. The van der Waals surface area contributed by atoms with E-state index in [1.54, 1.807) is 11.8 Å². The lowest BCUT2D eigenvalue weighted by molar-refractivity contribution is -0.138. The molecular weight excluding hydrogens is 290 g/mol. The standard InChI is InChI=1S/C18H27N3O2/c1-13-11-14(2)18(15(3)12-13)19-6-5-17(23)21-9-7-20(8-10-21)16(4)22/h11-12,19H,5-10H2,1-4H3. The Kier molecular flexibility index (Phi) is 5.64. The minimum atomic E-state index is 0.0871. The Morgan fingerprint density at radius 1 is 1.00 bits per heavy atom. The third-order valence-electron chi connectivity index (χ3n) is 4.40. The van der Waals surface area contributed by atoms with Gasteiger partial charge in [0.05, 0.1) is 0 Å². The summed E-state index contributed by atoms with van der Waals surface area (Å²) in [5.74, 6) is 0.243. The highest BCUT2D eigenvalue weighted by Gasteiger charge is 2.21. The van der Waals surface area contributed by atoms with Gasteiger partial charge in [-0.25, -0.2) is 0 Å². The second-order valence-electron chi connectivity index (χ2n) is 6.34. The number of carbonyl (C=O) groups excluding carboxylic acids is 2. The lowest BCUT2D eigenvalue weighted by Crippen LogP contribution is -2.50. The summed E-state index contributed by atoms with van der Waals surface area (Å²) in [5, 5.41) is 3.39. The molecule has 2 rings (SSSR count). The fraction of sp³-hybridized carbons (Fsp3) is 0.556. The highest BCUT2D eigenvalue weighted by atomic mass is 16.2. The van der Waals surface area contributed by atoms with Crippen molar-refractivity contribution in [2.75, 3.05) is 38.0 Å². The minimum absolute atomic E-state index is 0.0871. The zero-order valence-electron chi connectivity index (χ0n) is 14.6. The van der Waals surface area contributed by atoms with Crippen LogP contribution in [0.2, 0.25) is 0 Å². The van der Waals surface area contributed by atoms with Gasteiger partial charge < -0.3 is 15.1 Å². The molecule has 0 unspecified atom stereocenters. The van der Waals surface area contributed by atoms with Crippen LogP contribution in [0.3, 0.4) is 0 Å². The second kappa shape index (κ2) is 7.49. The molecule has 2 amide bonds. The third kappa shape index (κ3) is 4.47. The predicted molar refractivity (Wildman–Crippen MR) is 92.6 cm³/mol. The van der Waals surface area contributed by atoms with Crippen molar-refractivity contribution in [3.05, 3.63) is 28.8 Å². The maximum absolute atomic E-state index is 12.3. The number of carbonyl (C=O) groups is 2. The van der Waals surface area contributed by atoms with Crippen molar-refractivity contribution in [2.24, 2.45) is 0 Å². The van der Waals surface area contributed by atoms with Gasteiger partial charge in [-0.05, 0) is 31.9 Å². The van der Waals surface area contributed by atoms with Crippen LogP contribution in [0.25, 0.3) is 0 Å². The van der Waals surface area contributed by atoms with E-state index < -0.39 is 0 Å². The first kappa shape index (κ1) is 17.3. The average Bonchev–Trinajstić information content (AvgIpc) is 2.49. The number of rotatable bonds is 4. The van der Waals surface area contributed by atoms with Crippen LogP contribution in [0, 0.1) is 20.8 Å². The molecule has 1 heterocycles. The van der Waals surface area contributed by atoms with Crippen molar-refractivity contribution >= 4 is 17.5 Å². The Bertz CT molecular complexity index is 567. The first-order chi connectivity index (χ1) is 10.9. The summed E-state index contributed by atoms with van der Waals surface area (Å²) in [6.07, 6.45) is 0.479. The van der Waals surface area contributed by atoms with Gasteiger partial charge in [-0.15, -0.1) is 0 Å². The van der Waals surface area contributed by atoms with E-state index >= 15 is 0 Å².